The summed E-state index contributed by atoms with van der Waals surface area (Å²) in [7, 11) is 0. The summed E-state index contributed by atoms with van der Waals surface area (Å²) in [6, 6.07) is 21.6. The van der Waals surface area contributed by atoms with Gasteiger partial charge in [0.25, 0.3) is 5.91 Å². The van der Waals surface area contributed by atoms with E-state index in [9.17, 15) is 9.18 Å². The smallest absolute Gasteiger partial charge is 0.272 e. The number of rotatable bonds is 5. The fourth-order valence-electron chi connectivity index (χ4n) is 4.77. The van der Waals surface area contributed by atoms with Crippen LogP contribution in [0.1, 0.15) is 45.7 Å². The van der Waals surface area contributed by atoms with Crippen LogP contribution in [0.25, 0.3) is 17.3 Å². The van der Waals surface area contributed by atoms with Crippen LogP contribution < -0.4 is 5.32 Å². The molecule has 0 spiro atoms. The van der Waals surface area contributed by atoms with Crippen LogP contribution >= 0.6 is 35.0 Å². The number of nitrogens with one attached hydrogen (secondary N) is 1. The second-order valence-corrected chi connectivity index (χ2v) is 11.1. The van der Waals surface area contributed by atoms with Crippen molar-refractivity contribution in [2.24, 2.45) is 0 Å². The highest BCUT2D eigenvalue weighted by Gasteiger charge is 2.46. The first-order valence-corrected chi connectivity index (χ1v) is 13.8. The molecule has 6 rings (SSSR count). The number of hydrogen-bond acceptors (Lipinski definition) is 3. The number of amides is 1. The van der Waals surface area contributed by atoms with Gasteiger partial charge in [-0.25, -0.2) is 9.07 Å². The van der Waals surface area contributed by atoms with Crippen LogP contribution in [0.5, 0.6) is 0 Å². The molecule has 1 N–H and O–H groups in total. The Morgan fingerprint density at radius 1 is 1.03 bits per heavy atom. The molecule has 1 fully saturated rings. The SMILES string of the molecule is O=C(NC1(c2ccccc2)CC1)c1nn(-c2ccc(Cl)cc2Cl)c2c1CSC/C2=C\c1ccc(F)cc1. The van der Waals surface area contributed by atoms with Gasteiger partial charge in [0.2, 0.25) is 0 Å². The lowest BCUT2D eigenvalue weighted by atomic mass is 10.0. The number of benzene rings is 3. The van der Waals surface area contributed by atoms with Crippen molar-refractivity contribution in [3.8, 4) is 5.69 Å². The minimum atomic E-state index is -0.360. The largest absolute Gasteiger partial charge is 0.341 e. The fourth-order valence-corrected chi connectivity index (χ4v) is 6.28. The van der Waals surface area contributed by atoms with Crippen molar-refractivity contribution in [2.75, 3.05) is 5.75 Å². The molecule has 1 amide bonds. The van der Waals surface area contributed by atoms with Gasteiger partial charge in [0.05, 0.1) is 21.9 Å². The highest BCUT2D eigenvalue weighted by Crippen LogP contribution is 2.46. The third kappa shape index (κ3) is 4.70. The zero-order valence-corrected chi connectivity index (χ0v) is 22.0. The number of hydrogen-bond donors (Lipinski definition) is 1. The average molecular weight is 550 g/mol. The third-order valence-corrected chi connectivity index (χ3v) is 8.33. The molecule has 37 heavy (non-hydrogen) atoms. The Balaban J connectivity index is 1.46. The summed E-state index contributed by atoms with van der Waals surface area (Å²) in [6.45, 7) is 0. The molecular formula is C29H22Cl2FN3OS. The quantitative estimate of drug-likeness (QED) is 0.280. The maximum atomic E-state index is 13.7. The van der Waals surface area contributed by atoms with Crippen LogP contribution in [0.3, 0.4) is 0 Å². The molecule has 4 aromatic rings. The van der Waals surface area contributed by atoms with E-state index in [0.29, 0.717) is 27.2 Å². The molecular weight excluding hydrogens is 528 g/mol. The zero-order chi connectivity index (χ0) is 25.6. The summed E-state index contributed by atoms with van der Waals surface area (Å²) in [5, 5.41) is 9.05. The van der Waals surface area contributed by atoms with Gasteiger partial charge in [0, 0.05) is 22.1 Å². The summed E-state index contributed by atoms with van der Waals surface area (Å²) in [5.74, 6) is 0.869. The molecule has 0 unspecified atom stereocenters. The second kappa shape index (κ2) is 9.67. The Labute approximate surface area is 228 Å². The van der Waals surface area contributed by atoms with Crippen LogP contribution in [0.2, 0.25) is 10.0 Å². The molecule has 0 bridgehead atoms. The molecule has 0 radical (unpaired) electrons. The maximum absolute atomic E-state index is 13.7. The minimum absolute atomic E-state index is 0.204. The highest BCUT2D eigenvalue weighted by molar-refractivity contribution is 7.99. The van der Waals surface area contributed by atoms with Crippen molar-refractivity contribution >= 4 is 52.5 Å². The standard InChI is InChI=1S/C29H22Cl2FN3OS/c30-21-8-11-25(24(31)15-21)35-27-19(14-18-6-9-22(32)10-7-18)16-37-17-23(27)26(34-35)28(36)33-29(12-13-29)20-4-2-1-3-5-20/h1-11,14-15H,12-13,16-17H2,(H,33,36)/b19-14+. The van der Waals surface area contributed by atoms with Crippen molar-refractivity contribution in [3.05, 3.63) is 117 Å². The lowest BCUT2D eigenvalue weighted by molar-refractivity contribution is 0.0924. The first-order chi connectivity index (χ1) is 17.9. The normalized spacial score (nSPS) is 16.9. The summed E-state index contributed by atoms with van der Waals surface area (Å²) < 4.78 is 15.3. The van der Waals surface area contributed by atoms with E-state index in [4.69, 9.17) is 28.3 Å². The van der Waals surface area contributed by atoms with Gasteiger partial charge in [-0.15, -0.1) is 0 Å². The van der Waals surface area contributed by atoms with E-state index < -0.39 is 0 Å². The number of carbonyl (C=O) groups excluding carboxylic acids is 1. The van der Waals surface area contributed by atoms with Crippen LogP contribution in [0, 0.1) is 5.82 Å². The molecule has 2 aliphatic rings. The number of carbonyl (C=O) groups is 1. The van der Waals surface area contributed by atoms with E-state index >= 15 is 0 Å². The molecule has 0 saturated heterocycles. The van der Waals surface area contributed by atoms with E-state index in [2.05, 4.69) is 5.32 Å². The van der Waals surface area contributed by atoms with Crippen molar-refractivity contribution in [2.45, 2.75) is 24.1 Å². The molecule has 8 heteroatoms. The first kappa shape index (κ1) is 24.3. The lowest BCUT2D eigenvalue weighted by Gasteiger charge is -2.20. The highest BCUT2D eigenvalue weighted by atomic mass is 35.5. The second-order valence-electron chi connectivity index (χ2n) is 9.30. The number of halogens is 3. The van der Waals surface area contributed by atoms with E-state index in [-0.39, 0.29) is 17.3 Å². The molecule has 2 heterocycles. The topological polar surface area (TPSA) is 46.9 Å². The minimum Gasteiger partial charge on any atom is -0.341 e. The van der Waals surface area contributed by atoms with Gasteiger partial charge < -0.3 is 5.32 Å². The van der Waals surface area contributed by atoms with Gasteiger partial charge in [-0.1, -0.05) is 65.7 Å². The number of thioether (sulfide) groups is 1. The van der Waals surface area contributed by atoms with E-state index in [1.54, 1.807) is 40.7 Å². The average Bonchev–Trinajstić information content (AvgIpc) is 3.57. The Kier molecular flexibility index (Phi) is 6.35. The van der Waals surface area contributed by atoms with Crippen molar-refractivity contribution < 1.29 is 9.18 Å². The molecule has 4 nitrogen and oxygen atoms in total. The molecule has 186 valence electrons. The van der Waals surface area contributed by atoms with Gasteiger partial charge in [0.1, 0.15) is 5.82 Å². The predicted octanol–water partition coefficient (Wildman–Crippen LogP) is 7.52. The monoisotopic (exact) mass is 549 g/mol. The van der Waals surface area contributed by atoms with Crippen molar-refractivity contribution in [1.29, 1.82) is 0 Å². The molecule has 0 atom stereocenters. The van der Waals surface area contributed by atoms with Crippen LogP contribution in [-0.4, -0.2) is 21.4 Å². The third-order valence-electron chi connectivity index (χ3n) is 6.78. The van der Waals surface area contributed by atoms with Gasteiger partial charge in [-0.3, -0.25) is 4.79 Å². The summed E-state index contributed by atoms with van der Waals surface area (Å²) in [5.41, 5.74) is 5.32. The lowest BCUT2D eigenvalue weighted by Crippen LogP contribution is -2.35. The zero-order valence-electron chi connectivity index (χ0n) is 19.7. The summed E-state index contributed by atoms with van der Waals surface area (Å²) >= 11 is 14.5. The van der Waals surface area contributed by atoms with E-state index in [1.165, 1.54) is 12.1 Å². The van der Waals surface area contributed by atoms with Crippen molar-refractivity contribution in [3.63, 3.8) is 0 Å². The molecule has 1 aliphatic carbocycles. The molecule has 1 aliphatic heterocycles. The Hall–Kier alpha value is -3.06. The van der Waals surface area contributed by atoms with Crippen LogP contribution in [-0.2, 0) is 11.3 Å². The van der Waals surface area contributed by atoms with Gasteiger partial charge in [0.15, 0.2) is 5.69 Å². The van der Waals surface area contributed by atoms with Crippen LogP contribution in [0.4, 0.5) is 4.39 Å². The van der Waals surface area contributed by atoms with E-state index in [0.717, 1.165) is 46.6 Å². The summed E-state index contributed by atoms with van der Waals surface area (Å²) in [6.07, 6.45) is 3.79. The Bertz CT molecular complexity index is 1530. The van der Waals surface area contributed by atoms with Crippen molar-refractivity contribution in [1.82, 2.24) is 15.1 Å². The van der Waals surface area contributed by atoms with Gasteiger partial charge in [-0.2, -0.15) is 16.9 Å². The van der Waals surface area contributed by atoms with E-state index in [1.807, 2.05) is 42.5 Å². The predicted molar refractivity (Wildman–Crippen MR) is 149 cm³/mol. The molecule has 1 aromatic heterocycles. The number of nitrogens with zero attached hydrogens (tertiary/aromatic N) is 2. The fraction of sp³-hybridized carbons (Fsp3) is 0.172. The first-order valence-electron chi connectivity index (χ1n) is 11.9. The van der Waals surface area contributed by atoms with Gasteiger partial charge in [-0.05, 0) is 65.9 Å². The van der Waals surface area contributed by atoms with Gasteiger partial charge >= 0.3 is 0 Å². The number of fused-ring (bicyclic) bond motifs is 1. The summed E-state index contributed by atoms with van der Waals surface area (Å²) in [4.78, 5) is 13.7. The molecule has 1 saturated carbocycles. The Morgan fingerprint density at radius 3 is 2.49 bits per heavy atom. The Morgan fingerprint density at radius 2 is 1.78 bits per heavy atom. The number of aromatic nitrogens is 2. The maximum Gasteiger partial charge on any atom is 0.272 e. The van der Waals surface area contributed by atoms with Crippen LogP contribution in [0.15, 0.2) is 72.8 Å². The molecule has 3 aromatic carbocycles.